The van der Waals surface area contributed by atoms with E-state index in [-0.39, 0.29) is 0 Å². The molecule has 0 radical (unpaired) electrons. The van der Waals surface area contributed by atoms with E-state index in [1.807, 2.05) is 0 Å². The van der Waals surface area contributed by atoms with Crippen molar-refractivity contribution in [3.05, 3.63) is 35.4 Å². The summed E-state index contributed by atoms with van der Waals surface area (Å²) in [7, 11) is 0. The minimum Gasteiger partial charge on any atom is -0.375 e. The van der Waals surface area contributed by atoms with E-state index in [0.717, 1.165) is 19.7 Å². The van der Waals surface area contributed by atoms with Crippen LogP contribution in [0.5, 0.6) is 0 Å². The maximum absolute atomic E-state index is 5.76. The van der Waals surface area contributed by atoms with Gasteiger partial charge in [0.1, 0.15) is 0 Å². The van der Waals surface area contributed by atoms with Crippen LogP contribution >= 0.6 is 0 Å². The zero-order chi connectivity index (χ0) is 11.0. The number of benzene rings is 1. The standard InChI is InChI=1S/C13H18N2O/c14-6-10-3-1-2-4-11(10)7-15-8-13-5-12(15)9-16-13/h1-4,12-13H,5-9,14H2. The Balaban J connectivity index is 1.74. The predicted molar refractivity (Wildman–Crippen MR) is 62.9 cm³/mol. The molecule has 86 valence electrons. The third-order valence-corrected chi connectivity index (χ3v) is 3.73. The van der Waals surface area contributed by atoms with E-state index in [1.165, 1.54) is 17.5 Å². The normalized spacial score (nSPS) is 28.8. The fourth-order valence-corrected chi connectivity index (χ4v) is 2.80. The van der Waals surface area contributed by atoms with Crippen molar-refractivity contribution >= 4 is 0 Å². The Hall–Kier alpha value is -0.900. The van der Waals surface area contributed by atoms with E-state index in [0.29, 0.717) is 18.7 Å². The third kappa shape index (κ3) is 1.75. The first kappa shape index (κ1) is 10.3. The number of rotatable bonds is 3. The molecule has 2 saturated heterocycles. The van der Waals surface area contributed by atoms with Crippen molar-refractivity contribution in [3.63, 3.8) is 0 Å². The van der Waals surface area contributed by atoms with Crippen molar-refractivity contribution in [1.29, 1.82) is 0 Å². The lowest BCUT2D eigenvalue weighted by Crippen LogP contribution is -2.36. The Bertz CT molecular complexity index is 380. The smallest absolute Gasteiger partial charge is 0.0718 e. The van der Waals surface area contributed by atoms with Gasteiger partial charge in [0.25, 0.3) is 0 Å². The van der Waals surface area contributed by atoms with Crippen molar-refractivity contribution < 1.29 is 4.74 Å². The summed E-state index contributed by atoms with van der Waals surface area (Å²) < 4.78 is 5.61. The van der Waals surface area contributed by atoms with E-state index in [1.54, 1.807) is 0 Å². The quantitative estimate of drug-likeness (QED) is 0.826. The third-order valence-electron chi connectivity index (χ3n) is 3.73. The molecule has 2 heterocycles. The fraction of sp³-hybridized carbons (Fsp3) is 0.538. The molecule has 2 unspecified atom stereocenters. The number of likely N-dealkylation sites (tertiary alicyclic amines) is 1. The second-order valence-electron chi connectivity index (χ2n) is 4.75. The molecular weight excluding hydrogens is 200 g/mol. The summed E-state index contributed by atoms with van der Waals surface area (Å²) in [6.45, 7) is 3.66. The summed E-state index contributed by atoms with van der Waals surface area (Å²) in [6.07, 6.45) is 1.69. The van der Waals surface area contributed by atoms with Crippen molar-refractivity contribution in [2.24, 2.45) is 5.73 Å². The van der Waals surface area contributed by atoms with Gasteiger partial charge < -0.3 is 10.5 Å². The summed E-state index contributed by atoms with van der Waals surface area (Å²) in [6, 6.07) is 9.11. The molecule has 1 aromatic rings. The molecule has 16 heavy (non-hydrogen) atoms. The topological polar surface area (TPSA) is 38.5 Å². The van der Waals surface area contributed by atoms with E-state index in [9.17, 15) is 0 Å². The minimum atomic E-state index is 0.482. The summed E-state index contributed by atoms with van der Waals surface area (Å²) in [5.41, 5.74) is 8.40. The molecule has 0 aromatic heterocycles. The Kier molecular flexibility index (Phi) is 2.67. The average molecular weight is 218 g/mol. The summed E-state index contributed by atoms with van der Waals surface area (Å²) >= 11 is 0. The maximum Gasteiger partial charge on any atom is 0.0718 e. The summed E-state index contributed by atoms with van der Waals surface area (Å²) in [4.78, 5) is 2.53. The van der Waals surface area contributed by atoms with Gasteiger partial charge in [-0.25, -0.2) is 0 Å². The molecule has 2 aliphatic rings. The van der Waals surface area contributed by atoms with Gasteiger partial charge in [-0.05, 0) is 17.5 Å². The first-order chi connectivity index (χ1) is 7.86. The first-order valence-electron chi connectivity index (χ1n) is 5.99. The van der Waals surface area contributed by atoms with Crippen LogP contribution in [0.1, 0.15) is 17.5 Å². The number of nitrogens with zero attached hydrogens (tertiary/aromatic N) is 1. The lowest BCUT2D eigenvalue weighted by atomic mass is 10.1. The van der Waals surface area contributed by atoms with E-state index < -0.39 is 0 Å². The summed E-state index contributed by atoms with van der Waals surface area (Å²) in [5.74, 6) is 0. The molecular formula is C13H18N2O. The highest BCUT2D eigenvalue weighted by Crippen LogP contribution is 2.29. The van der Waals surface area contributed by atoms with Crippen LogP contribution in [0.3, 0.4) is 0 Å². The Morgan fingerprint density at radius 2 is 2.12 bits per heavy atom. The molecule has 0 spiro atoms. The number of nitrogens with two attached hydrogens (primary N) is 1. The number of fused-ring (bicyclic) bond motifs is 2. The monoisotopic (exact) mass is 218 g/mol. The van der Waals surface area contributed by atoms with E-state index in [2.05, 4.69) is 29.2 Å². The van der Waals surface area contributed by atoms with Gasteiger partial charge in [-0.2, -0.15) is 0 Å². The largest absolute Gasteiger partial charge is 0.375 e. The molecule has 2 bridgehead atoms. The van der Waals surface area contributed by atoms with Gasteiger partial charge >= 0.3 is 0 Å². The van der Waals surface area contributed by atoms with E-state index >= 15 is 0 Å². The predicted octanol–water partition coefficient (Wildman–Crippen LogP) is 1.12. The van der Waals surface area contributed by atoms with Crippen LogP contribution in [0.2, 0.25) is 0 Å². The average Bonchev–Trinajstić information content (AvgIpc) is 2.92. The van der Waals surface area contributed by atoms with Gasteiger partial charge in [0, 0.05) is 25.7 Å². The highest BCUT2D eigenvalue weighted by Gasteiger charge is 2.38. The second kappa shape index (κ2) is 4.17. The molecule has 2 atom stereocenters. The molecule has 3 rings (SSSR count). The Morgan fingerprint density at radius 3 is 2.75 bits per heavy atom. The zero-order valence-electron chi connectivity index (χ0n) is 9.43. The molecule has 2 N–H and O–H groups in total. The van der Waals surface area contributed by atoms with Gasteiger partial charge in [0.2, 0.25) is 0 Å². The zero-order valence-corrected chi connectivity index (χ0v) is 9.43. The van der Waals surface area contributed by atoms with Crippen LogP contribution < -0.4 is 5.73 Å². The van der Waals surface area contributed by atoms with Crippen molar-refractivity contribution in [1.82, 2.24) is 4.90 Å². The van der Waals surface area contributed by atoms with Gasteiger partial charge in [-0.1, -0.05) is 24.3 Å². The van der Waals surface area contributed by atoms with Crippen LogP contribution in [0.25, 0.3) is 0 Å². The van der Waals surface area contributed by atoms with Crippen LogP contribution in [0.4, 0.5) is 0 Å². The van der Waals surface area contributed by atoms with Crippen molar-refractivity contribution in [2.75, 3.05) is 13.2 Å². The van der Waals surface area contributed by atoms with Crippen molar-refractivity contribution in [2.45, 2.75) is 31.7 Å². The molecule has 0 aliphatic carbocycles. The minimum absolute atomic E-state index is 0.482. The SMILES string of the molecule is NCc1ccccc1CN1CC2CC1CO2. The maximum atomic E-state index is 5.76. The first-order valence-corrected chi connectivity index (χ1v) is 5.99. The lowest BCUT2D eigenvalue weighted by molar-refractivity contribution is 0.0272. The van der Waals surface area contributed by atoms with Crippen LogP contribution in [-0.2, 0) is 17.8 Å². The molecule has 2 aliphatic heterocycles. The number of hydrogen-bond donors (Lipinski definition) is 1. The molecule has 2 fully saturated rings. The van der Waals surface area contributed by atoms with E-state index in [4.69, 9.17) is 10.5 Å². The summed E-state index contributed by atoms with van der Waals surface area (Å²) in [5, 5.41) is 0. The Labute approximate surface area is 96.2 Å². The highest BCUT2D eigenvalue weighted by molar-refractivity contribution is 5.27. The van der Waals surface area contributed by atoms with Crippen molar-refractivity contribution in [3.8, 4) is 0 Å². The lowest BCUT2D eigenvalue weighted by Gasteiger charge is -2.27. The fourth-order valence-electron chi connectivity index (χ4n) is 2.80. The van der Waals surface area contributed by atoms with Crippen LogP contribution in [0, 0.1) is 0 Å². The second-order valence-corrected chi connectivity index (χ2v) is 4.75. The van der Waals surface area contributed by atoms with Gasteiger partial charge in [0.15, 0.2) is 0 Å². The Morgan fingerprint density at radius 1 is 1.31 bits per heavy atom. The molecule has 0 saturated carbocycles. The van der Waals surface area contributed by atoms with Gasteiger partial charge in [-0.15, -0.1) is 0 Å². The van der Waals surface area contributed by atoms with Crippen LogP contribution in [0.15, 0.2) is 24.3 Å². The molecule has 0 amide bonds. The number of hydrogen-bond acceptors (Lipinski definition) is 3. The van der Waals surface area contributed by atoms with Gasteiger partial charge in [-0.3, -0.25) is 4.90 Å². The van der Waals surface area contributed by atoms with Gasteiger partial charge in [0.05, 0.1) is 12.7 Å². The molecule has 1 aromatic carbocycles. The number of morpholine rings is 1. The molecule has 3 nitrogen and oxygen atoms in total. The number of ether oxygens (including phenoxy) is 1. The van der Waals surface area contributed by atoms with Crippen LogP contribution in [-0.4, -0.2) is 30.2 Å². The molecule has 3 heteroatoms. The highest BCUT2D eigenvalue weighted by atomic mass is 16.5.